The molecule has 0 bridgehead atoms. The SMILES string of the molecule is CCOC(=O)C1CCCN(C(=O)Cn2cnc(C)cc2=O)C1. The fraction of sp³-hybridized carbons (Fsp3) is 0.600. The van der Waals surface area contributed by atoms with E-state index in [1.165, 1.54) is 17.0 Å². The topological polar surface area (TPSA) is 81.5 Å². The third-order valence-electron chi connectivity index (χ3n) is 3.72. The van der Waals surface area contributed by atoms with Gasteiger partial charge in [-0.25, -0.2) is 4.98 Å². The van der Waals surface area contributed by atoms with Gasteiger partial charge in [-0.2, -0.15) is 0 Å². The Balaban J connectivity index is 2.00. The third kappa shape index (κ3) is 3.93. The summed E-state index contributed by atoms with van der Waals surface area (Å²) in [7, 11) is 0. The number of hydrogen-bond acceptors (Lipinski definition) is 5. The molecule has 2 heterocycles. The molecule has 0 radical (unpaired) electrons. The second-order valence-electron chi connectivity index (χ2n) is 5.43. The van der Waals surface area contributed by atoms with Crippen LogP contribution in [-0.4, -0.2) is 46.0 Å². The fourth-order valence-corrected chi connectivity index (χ4v) is 2.54. The van der Waals surface area contributed by atoms with Crippen LogP contribution in [0.3, 0.4) is 0 Å². The molecule has 2 rings (SSSR count). The Hall–Kier alpha value is -2.18. The van der Waals surface area contributed by atoms with Crippen LogP contribution < -0.4 is 5.56 Å². The molecule has 0 aromatic carbocycles. The highest BCUT2D eigenvalue weighted by Gasteiger charge is 2.29. The molecule has 0 spiro atoms. The first-order valence-electron chi connectivity index (χ1n) is 7.48. The molecule has 1 amide bonds. The molecule has 0 N–H and O–H groups in total. The highest BCUT2D eigenvalue weighted by molar-refractivity contribution is 5.78. The lowest BCUT2D eigenvalue weighted by molar-refractivity contribution is -0.151. The highest BCUT2D eigenvalue weighted by Crippen LogP contribution is 2.18. The zero-order chi connectivity index (χ0) is 16.1. The van der Waals surface area contributed by atoms with E-state index in [0.717, 1.165) is 12.8 Å². The molecule has 1 aromatic heterocycles. The number of nitrogens with zero attached hydrogens (tertiary/aromatic N) is 3. The van der Waals surface area contributed by atoms with Crippen molar-refractivity contribution >= 4 is 11.9 Å². The summed E-state index contributed by atoms with van der Waals surface area (Å²) in [5.41, 5.74) is 0.369. The van der Waals surface area contributed by atoms with Crippen LogP contribution in [0.5, 0.6) is 0 Å². The third-order valence-corrected chi connectivity index (χ3v) is 3.72. The summed E-state index contributed by atoms with van der Waals surface area (Å²) >= 11 is 0. The minimum atomic E-state index is -0.273. The summed E-state index contributed by atoms with van der Waals surface area (Å²) < 4.78 is 6.30. The van der Waals surface area contributed by atoms with Crippen molar-refractivity contribution in [2.75, 3.05) is 19.7 Å². The van der Waals surface area contributed by atoms with Crippen LogP contribution in [0.15, 0.2) is 17.2 Å². The van der Waals surface area contributed by atoms with Crippen LogP contribution in [0.25, 0.3) is 0 Å². The fourth-order valence-electron chi connectivity index (χ4n) is 2.54. The van der Waals surface area contributed by atoms with Crippen LogP contribution in [0.4, 0.5) is 0 Å². The maximum atomic E-state index is 12.3. The molecular formula is C15H21N3O4. The van der Waals surface area contributed by atoms with E-state index in [1.54, 1.807) is 18.7 Å². The summed E-state index contributed by atoms with van der Waals surface area (Å²) in [6.07, 6.45) is 2.87. The number of hydrogen-bond donors (Lipinski definition) is 0. The second-order valence-corrected chi connectivity index (χ2v) is 5.43. The molecule has 1 unspecified atom stereocenters. The minimum absolute atomic E-state index is 0.0539. The number of ether oxygens (including phenoxy) is 1. The normalized spacial score (nSPS) is 18.1. The molecule has 1 aliphatic rings. The second kappa shape index (κ2) is 7.20. The number of likely N-dealkylation sites (tertiary alicyclic amines) is 1. The van der Waals surface area contributed by atoms with Crippen molar-refractivity contribution in [3.05, 3.63) is 28.4 Å². The summed E-state index contributed by atoms with van der Waals surface area (Å²) in [6.45, 7) is 4.73. The van der Waals surface area contributed by atoms with E-state index in [-0.39, 0.29) is 29.9 Å². The first-order valence-corrected chi connectivity index (χ1v) is 7.48. The van der Waals surface area contributed by atoms with Crippen LogP contribution in [0.1, 0.15) is 25.5 Å². The van der Waals surface area contributed by atoms with Gasteiger partial charge in [0.2, 0.25) is 5.91 Å². The van der Waals surface area contributed by atoms with Gasteiger partial charge in [0.25, 0.3) is 5.56 Å². The van der Waals surface area contributed by atoms with E-state index in [0.29, 0.717) is 25.4 Å². The molecule has 7 nitrogen and oxygen atoms in total. The molecule has 0 aliphatic carbocycles. The van der Waals surface area contributed by atoms with E-state index in [4.69, 9.17) is 4.74 Å². The molecule has 1 atom stereocenters. The molecule has 22 heavy (non-hydrogen) atoms. The monoisotopic (exact) mass is 307 g/mol. The Labute approximate surface area is 128 Å². The Bertz CT molecular complexity index is 611. The molecule has 7 heteroatoms. The average molecular weight is 307 g/mol. The highest BCUT2D eigenvalue weighted by atomic mass is 16.5. The molecular weight excluding hydrogens is 286 g/mol. The average Bonchev–Trinajstić information content (AvgIpc) is 2.50. The standard InChI is InChI=1S/C15H21N3O4/c1-3-22-15(21)12-5-4-6-17(8-12)14(20)9-18-10-16-11(2)7-13(18)19/h7,10,12H,3-6,8-9H2,1-2H3. The number of esters is 1. The van der Waals surface area contributed by atoms with Gasteiger partial charge in [-0.3, -0.25) is 19.0 Å². The maximum Gasteiger partial charge on any atom is 0.310 e. The largest absolute Gasteiger partial charge is 0.466 e. The van der Waals surface area contributed by atoms with E-state index in [9.17, 15) is 14.4 Å². The van der Waals surface area contributed by atoms with Gasteiger partial charge >= 0.3 is 5.97 Å². The van der Waals surface area contributed by atoms with Crippen molar-refractivity contribution in [2.24, 2.45) is 5.92 Å². The van der Waals surface area contributed by atoms with Gasteiger partial charge in [-0.15, -0.1) is 0 Å². The van der Waals surface area contributed by atoms with E-state index >= 15 is 0 Å². The Morgan fingerprint density at radius 2 is 2.23 bits per heavy atom. The molecule has 1 aromatic rings. The van der Waals surface area contributed by atoms with Crippen molar-refractivity contribution in [1.29, 1.82) is 0 Å². The number of amides is 1. The van der Waals surface area contributed by atoms with Gasteiger partial charge < -0.3 is 9.64 Å². The Morgan fingerprint density at radius 3 is 2.91 bits per heavy atom. The molecule has 0 saturated carbocycles. The predicted molar refractivity (Wildman–Crippen MR) is 79.2 cm³/mol. The number of carbonyl (C=O) groups is 2. The lowest BCUT2D eigenvalue weighted by Crippen LogP contribution is -2.45. The number of piperidine rings is 1. The van der Waals surface area contributed by atoms with Crippen molar-refractivity contribution in [1.82, 2.24) is 14.5 Å². The van der Waals surface area contributed by atoms with Gasteiger partial charge in [0.1, 0.15) is 6.54 Å². The van der Waals surface area contributed by atoms with Crippen molar-refractivity contribution in [2.45, 2.75) is 33.2 Å². The van der Waals surface area contributed by atoms with Crippen molar-refractivity contribution in [3.8, 4) is 0 Å². The lowest BCUT2D eigenvalue weighted by Gasteiger charge is -2.31. The molecule has 120 valence electrons. The number of rotatable bonds is 4. The van der Waals surface area contributed by atoms with E-state index in [2.05, 4.69) is 4.98 Å². The van der Waals surface area contributed by atoms with Crippen LogP contribution in [0, 0.1) is 12.8 Å². The smallest absolute Gasteiger partial charge is 0.310 e. The quantitative estimate of drug-likeness (QED) is 0.750. The minimum Gasteiger partial charge on any atom is -0.466 e. The first-order chi connectivity index (χ1) is 10.5. The Morgan fingerprint density at radius 1 is 1.45 bits per heavy atom. The summed E-state index contributed by atoms with van der Waals surface area (Å²) in [4.78, 5) is 41.5. The van der Waals surface area contributed by atoms with E-state index < -0.39 is 0 Å². The zero-order valence-electron chi connectivity index (χ0n) is 12.9. The number of aromatic nitrogens is 2. The van der Waals surface area contributed by atoms with Gasteiger partial charge in [0, 0.05) is 24.8 Å². The summed E-state index contributed by atoms with van der Waals surface area (Å²) in [5, 5.41) is 0. The molecule has 1 aliphatic heterocycles. The first kappa shape index (κ1) is 16.2. The Kier molecular flexibility index (Phi) is 5.30. The summed E-state index contributed by atoms with van der Waals surface area (Å²) in [5.74, 6) is -0.707. The zero-order valence-corrected chi connectivity index (χ0v) is 12.9. The van der Waals surface area contributed by atoms with Crippen LogP contribution in [-0.2, 0) is 20.9 Å². The van der Waals surface area contributed by atoms with Crippen LogP contribution >= 0.6 is 0 Å². The van der Waals surface area contributed by atoms with Gasteiger partial charge in [-0.05, 0) is 26.7 Å². The van der Waals surface area contributed by atoms with Crippen molar-refractivity contribution in [3.63, 3.8) is 0 Å². The van der Waals surface area contributed by atoms with Gasteiger partial charge in [-0.1, -0.05) is 0 Å². The number of carbonyl (C=O) groups excluding carboxylic acids is 2. The molecule has 1 saturated heterocycles. The van der Waals surface area contributed by atoms with Gasteiger partial charge in [0.05, 0.1) is 18.9 Å². The lowest BCUT2D eigenvalue weighted by atomic mass is 9.98. The molecule has 1 fully saturated rings. The van der Waals surface area contributed by atoms with Gasteiger partial charge in [0.15, 0.2) is 0 Å². The summed E-state index contributed by atoms with van der Waals surface area (Å²) in [6, 6.07) is 1.39. The predicted octanol–water partition coefficient (Wildman–Crippen LogP) is 0.353. The van der Waals surface area contributed by atoms with Crippen LogP contribution in [0.2, 0.25) is 0 Å². The van der Waals surface area contributed by atoms with Crippen molar-refractivity contribution < 1.29 is 14.3 Å². The maximum absolute atomic E-state index is 12.3. The van der Waals surface area contributed by atoms with E-state index in [1.807, 2.05) is 0 Å². The number of aryl methyl sites for hydroxylation is 1.